The fourth-order valence-electron chi connectivity index (χ4n) is 2.08. The molecule has 2 aliphatic heterocycles. The van der Waals surface area contributed by atoms with Crippen LogP contribution >= 0.6 is 0 Å². The van der Waals surface area contributed by atoms with Crippen molar-refractivity contribution in [2.75, 3.05) is 13.2 Å². The van der Waals surface area contributed by atoms with Crippen molar-refractivity contribution in [3.8, 4) is 0 Å². The third-order valence-corrected chi connectivity index (χ3v) is 2.83. The summed E-state index contributed by atoms with van der Waals surface area (Å²) in [5.41, 5.74) is -0.276. The van der Waals surface area contributed by atoms with Crippen LogP contribution in [0.4, 0.5) is 0 Å². The minimum Gasteiger partial charge on any atom is -0.479 e. The Balaban J connectivity index is 2.02. The zero-order valence-corrected chi connectivity index (χ0v) is 7.49. The molecule has 0 aromatic carbocycles. The number of carboxylic acid groups (broad SMARTS) is 1. The lowest BCUT2D eigenvalue weighted by Crippen LogP contribution is -2.44. The molecule has 4 heteroatoms. The average molecular weight is 186 g/mol. The van der Waals surface area contributed by atoms with Crippen molar-refractivity contribution in [2.45, 2.75) is 37.4 Å². The van der Waals surface area contributed by atoms with E-state index < -0.39 is 12.1 Å². The molecule has 2 fully saturated rings. The zero-order valence-electron chi connectivity index (χ0n) is 7.49. The molecule has 0 amide bonds. The summed E-state index contributed by atoms with van der Waals surface area (Å²) in [7, 11) is 0. The predicted molar refractivity (Wildman–Crippen MR) is 44.5 cm³/mol. The molecule has 74 valence electrons. The van der Waals surface area contributed by atoms with E-state index in [1.54, 1.807) is 0 Å². The molecule has 2 rings (SSSR count). The zero-order chi connectivity index (χ0) is 9.31. The Morgan fingerprint density at radius 1 is 1.46 bits per heavy atom. The molecular weight excluding hydrogens is 172 g/mol. The molecule has 2 heterocycles. The van der Waals surface area contributed by atoms with E-state index >= 15 is 0 Å². The maximum atomic E-state index is 10.7. The molecule has 13 heavy (non-hydrogen) atoms. The van der Waals surface area contributed by atoms with Gasteiger partial charge >= 0.3 is 5.97 Å². The smallest absolute Gasteiger partial charge is 0.332 e. The third-order valence-electron chi connectivity index (χ3n) is 2.83. The summed E-state index contributed by atoms with van der Waals surface area (Å²) in [6.45, 7) is 1.27. The van der Waals surface area contributed by atoms with Crippen molar-refractivity contribution in [1.29, 1.82) is 0 Å². The number of ether oxygens (including phenoxy) is 2. The molecule has 0 aromatic heterocycles. The Hall–Kier alpha value is -0.610. The summed E-state index contributed by atoms with van der Waals surface area (Å²) in [5.74, 6) is -0.842. The summed E-state index contributed by atoms with van der Waals surface area (Å²) in [5, 5.41) is 8.82. The highest BCUT2D eigenvalue weighted by Gasteiger charge is 2.42. The van der Waals surface area contributed by atoms with Crippen LogP contribution in [0.1, 0.15) is 25.7 Å². The van der Waals surface area contributed by atoms with Gasteiger partial charge in [0.25, 0.3) is 0 Å². The van der Waals surface area contributed by atoms with Crippen molar-refractivity contribution in [3.05, 3.63) is 0 Å². The maximum absolute atomic E-state index is 10.7. The number of hydrogen-bond donors (Lipinski definition) is 1. The molecule has 0 saturated carbocycles. The fourth-order valence-corrected chi connectivity index (χ4v) is 2.08. The number of carboxylic acids is 1. The van der Waals surface area contributed by atoms with Crippen LogP contribution in [-0.2, 0) is 14.3 Å². The van der Waals surface area contributed by atoms with Gasteiger partial charge in [-0.15, -0.1) is 0 Å². The Morgan fingerprint density at radius 2 is 2.31 bits per heavy atom. The Bertz CT molecular complexity index is 208. The van der Waals surface area contributed by atoms with Crippen LogP contribution in [0.5, 0.6) is 0 Å². The van der Waals surface area contributed by atoms with Crippen LogP contribution in [0, 0.1) is 0 Å². The SMILES string of the molecule is O=C(O)C1CCCC2(CCOC2)O1. The summed E-state index contributed by atoms with van der Waals surface area (Å²) in [6.07, 6.45) is 2.74. The van der Waals surface area contributed by atoms with Gasteiger partial charge in [-0.05, 0) is 19.3 Å². The highest BCUT2D eigenvalue weighted by molar-refractivity contribution is 5.72. The van der Waals surface area contributed by atoms with Crippen LogP contribution in [0.3, 0.4) is 0 Å². The van der Waals surface area contributed by atoms with Crippen molar-refractivity contribution >= 4 is 5.97 Å². The summed E-state index contributed by atoms with van der Waals surface area (Å²) >= 11 is 0. The van der Waals surface area contributed by atoms with Gasteiger partial charge in [0, 0.05) is 13.0 Å². The molecule has 0 aliphatic carbocycles. The number of aliphatic carboxylic acids is 1. The number of carbonyl (C=O) groups is 1. The quantitative estimate of drug-likeness (QED) is 0.658. The first-order valence-electron chi connectivity index (χ1n) is 4.70. The predicted octanol–water partition coefficient (Wildman–Crippen LogP) is 0.799. The average Bonchev–Trinajstić information content (AvgIpc) is 2.53. The molecule has 2 unspecified atom stereocenters. The lowest BCUT2D eigenvalue weighted by molar-refractivity contribution is -0.174. The first-order valence-corrected chi connectivity index (χ1v) is 4.70. The third kappa shape index (κ3) is 1.69. The summed E-state index contributed by atoms with van der Waals surface area (Å²) in [6, 6.07) is 0. The largest absolute Gasteiger partial charge is 0.479 e. The second kappa shape index (κ2) is 3.27. The lowest BCUT2D eigenvalue weighted by Gasteiger charge is -2.35. The second-order valence-corrected chi connectivity index (χ2v) is 3.82. The van der Waals surface area contributed by atoms with E-state index in [-0.39, 0.29) is 5.60 Å². The Kier molecular flexibility index (Phi) is 2.26. The minimum atomic E-state index is -0.842. The van der Waals surface area contributed by atoms with Crippen LogP contribution in [-0.4, -0.2) is 36.0 Å². The van der Waals surface area contributed by atoms with E-state index in [1.807, 2.05) is 0 Å². The minimum absolute atomic E-state index is 0.276. The monoisotopic (exact) mass is 186 g/mol. The molecule has 0 aromatic rings. The van der Waals surface area contributed by atoms with Gasteiger partial charge < -0.3 is 14.6 Å². The van der Waals surface area contributed by atoms with Gasteiger partial charge in [-0.2, -0.15) is 0 Å². The van der Waals surface area contributed by atoms with Crippen LogP contribution in [0.15, 0.2) is 0 Å². The highest BCUT2D eigenvalue weighted by atomic mass is 16.6. The number of hydrogen-bond acceptors (Lipinski definition) is 3. The molecule has 1 spiro atoms. The highest BCUT2D eigenvalue weighted by Crippen LogP contribution is 2.35. The second-order valence-electron chi connectivity index (χ2n) is 3.82. The lowest BCUT2D eigenvalue weighted by atomic mass is 9.91. The van der Waals surface area contributed by atoms with Gasteiger partial charge in [0.2, 0.25) is 0 Å². The van der Waals surface area contributed by atoms with E-state index in [4.69, 9.17) is 14.6 Å². The summed E-state index contributed by atoms with van der Waals surface area (Å²) < 4.78 is 10.8. The molecule has 4 nitrogen and oxygen atoms in total. The van der Waals surface area contributed by atoms with E-state index in [0.29, 0.717) is 19.6 Å². The van der Waals surface area contributed by atoms with Crippen LogP contribution in [0.25, 0.3) is 0 Å². The van der Waals surface area contributed by atoms with E-state index in [9.17, 15) is 4.79 Å². The van der Waals surface area contributed by atoms with Crippen molar-refractivity contribution < 1.29 is 19.4 Å². The molecule has 0 radical (unpaired) electrons. The van der Waals surface area contributed by atoms with Gasteiger partial charge in [0.15, 0.2) is 6.10 Å². The maximum Gasteiger partial charge on any atom is 0.332 e. The summed E-state index contributed by atoms with van der Waals surface area (Å²) in [4.78, 5) is 10.7. The first-order chi connectivity index (χ1) is 6.22. The first kappa shape index (κ1) is 8.97. The molecule has 1 N–H and O–H groups in total. The Labute approximate surface area is 76.8 Å². The molecule has 2 aliphatic rings. The van der Waals surface area contributed by atoms with Gasteiger partial charge in [-0.25, -0.2) is 4.79 Å². The standard InChI is InChI=1S/C9H14O4/c10-8(11)7-2-1-3-9(13-7)4-5-12-6-9/h7H,1-6H2,(H,10,11). The van der Waals surface area contributed by atoms with Gasteiger partial charge in [0.1, 0.15) is 0 Å². The van der Waals surface area contributed by atoms with Crippen LogP contribution < -0.4 is 0 Å². The fraction of sp³-hybridized carbons (Fsp3) is 0.889. The topological polar surface area (TPSA) is 55.8 Å². The number of rotatable bonds is 1. The van der Waals surface area contributed by atoms with Crippen LogP contribution in [0.2, 0.25) is 0 Å². The molecular formula is C9H14O4. The normalized spacial score (nSPS) is 39.5. The van der Waals surface area contributed by atoms with E-state index in [0.717, 1.165) is 19.3 Å². The van der Waals surface area contributed by atoms with Crippen molar-refractivity contribution in [2.24, 2.45) is 0 Å². The van der Waals surface area contributed by atoms with Crippen molar-refractivity contribution in [3.63, 3.8) is 0 Å². The van der Waals surface area contributed by atoms with Crippen molar-refractivity contribution in [1.82, 2.24) is 0 Å². The van der Waals surface area contributed by atoms with Gasteiger partial charge in [-0.1, -0.05) is 0 Å². The van der Waals surface area contributed by atoms with Gasteiger partial charge in [-0.3, -0.25) is 0 Å². The molecule has 2 saturated heterocycles. The Morgan fingerprint density at radius 3 is 2.92 bits per heavy atom. The van der Waals surface area contributed by atoms with E-state index in [2.05, 4.69) is 0 Å². The van der Waals surface area contributed by atoms with E-state index in [1.165, 1.54) is 0 Å². The van der Waals surface area contributed by atoms with Gasteiger partial charge in [0.05, 0.1) is 12.2 Å². The molecule has 2 atom stereocenters. The molecule has 0 bridgehead atoms.